The Morgan fingerprint density at radius 1 is 0.737 bits per heavy atom. The van der Waals surface area contributed by atoms with E-state index < -0.39 is 24.6 Å². The Hall–Kier alpha value is -0.460. The van der Waals surface area contributed by atoms with Crippen LogP contribution in [-0.2, 0) is 4.74 Å². The smallest absolute Gasteiger partial charge is 0.358 e. The van der Waals surface area contributed by atoms with Gasteiger partial charge in [0.2, 0.25) is 0 Å². The van der Waals surface area contributed by atoms with Crippen molar-refractivity contribution in [1.82, 2.24) is 0 Å². The van der Waals surface area contributed by atoms with Gasteiger partial charge in [-0.05, 0) is 13.3 Å². The van der Waals surface area contributed by atoms with Gasteiger partial charge in [0, 0.05) is 6.61 Å². The Morgan fingerprint density at radius 2 is 1.16 bits per heavy atom. The molecule has 0 saturated carbocycles. The molecule has 0 aliphatic heterocycles. The summed E-state index contributed by atoms with van der Waals surface area (Å²) in [6.45, 7) is 1.51. The minimum atomic E-state index is -5.46. The van der Waals surface area contributed by atoms with E-state index in [1.54, 1.807) is 0 Å². The molecule has 1 nitrogen and oxygen atoms in total. The number of halogens is 6. The van der Waals surface area contributed by atoms with Crippen LogP contribution in [0.3, 0.4) is 0 Å². The highest BCUT2D eigenvalue weighted by Gasteiger charge is 2.69. The molecule has 0 N–H and O–H groups in total. The molecule has 0 atom stereocenters. The predicted molar refractivity (Wildman–Crippen MR) is 59.8 cm³/mol. The number of hydrogen-bond acceptors (Lipinski definition) is 1. The van der Waals surface area contributed by atoms with Crippen LogP contribution in [0.4, 0.5) is 26.3 Å². The molecular weight excluding hydrogens is 274 g/mol. The lowest BCUT2D eigenvalue weighted by molar-refractivity contribution is -0.374. The molecule has 0 unspecified atom stereocenters. The number of rotatable bonds is 8. The molecule has 7 heteroatoms. The summed E-state index contributed by atoms with van der Waals surface area (Å²) in [7, 11) is 0. The molecular formula is C12H20F6O. The summed E-state index contributed by atoms with van der Waals surface area (Å²) in [6, 6.07) is 0. The van der Waals surface area contributed by atoms with Crippen molar-refractivity contribution < 1.29 is 31.1 Å². The standard InChI is InChI=1S/C12H20F6O/c1-3-4-5-6-7-8-9-19-10(2,11(13,14)15)12(16,17)18/h3-9H2,1-2H3. The Kier molecular flexibility index (Phi) is 7.18. The highest BCUT2D eigenvalue weighted by molar-refractivity contribution is 4.91. The van der Waals surface area contributed by atoms with Crippen molar-refractivity contribution in [2.24, 2.45) is 0 Å². The van der Waals surface area contributed by atoms with Crippen molar-refractivity contribution in [2.45, 2.75) is 70.3 Å². The summed E-state index contributed by atoms with van der Waals surface area (Å²) in [5.41, 5.74) is -4.08. The lowest BCUT2D eigenvalue weighted by Crippen LogP contribution is -2.56. The Bertz CT molecular complexity index is 232. The first-order chi connectivity index (χ1) is 8.56. The third-order valence-corrected chi connectivity index (χ3v) is 2.97. The second-order valence-electron chi connectivity index (χ2n) is 4.64. The monoisotopic (exact) mass is 294 g/mol. The number of unbranched alkanes of at least 4 members (excludes halogenated alkanes) is 5. The van der Waals surface area contributed by atoms with E-state index in [0.29, 0.717) is 6.42 Å². The maximum absolute atomic E-state index is 12.4. The highest BCUT2D eigenvalue weighted by Crippen LogP contribution is 2.45. The lowest BCUT2D eigenvalue weighted by Gasteiger charge is -2.33. The molecule has 0 radical (unpaired) electrons. The highest BCUT2D eigenvalue weighted by atomic mass is 19.4. The van der Waals surface area contributed by atoms with Crippen molar-refractivity contribution in [2.75, 3.05) is 6.61 Å². The molecule has 0 aromatic heterocycles. The van der Waals surface area contributed by atoms with E-state index in [1.165, 1.54) is 0 Å². The van der Waals surface area contributed by atoms with Gasteiger partial charge < -0.3 is 4.74 Å². The van der Waals surface area contributed by atoms with Crippen molar-refractivity contribution >= 4 is 0 Å². The second kappa shape index (κ2) is 7.36. The average Bonchev–Trinajstić information content (AvgIpc) is 2.24. The first kappa shape index (κ1) is 18.5. The van der Waals surface area contributed by atoms with Gasteiger partial charge in [-0.2, -0.15) is 26.3 Å². The Morgan fingerprint density at radius 3 is 1.58 bits per heavy atom. The van der Waals surface area contributed by atoms with Gasteiger partial charge in [-0.25, -0.2) is 0 Å². The van der Waals surface area contributed by atoms with Gasteiger partial charge in [-0.3, -0.25) is 0 Å². The zero-order chi connectivity index (χ0) is 15.2. The molecule has 19 heavy (non-hydrogen) atoms. The van der Waals surface area contributed by atoms with Crippen LogP contribution < -0.4 is 0 Å². The van der Waals surface area contributed by atoms with E-state index in [4.69, 9.17) is 0 Å². The summed E-state index contributed by atoms with van der Waals surface area (Å²) in [5, 5.41) is 0. The van der Waals surface area contributed by atoms with Crippen molar-refractivity contribution in [3.8, 4) is 0 Å². The molecule has 0 aromatic rings. The van der Waals surface area contributed by atoms with Crippen molar-refractivity contribution in [3.63, 3.8) is 0 Å². The average molecular weight is 294 g/mol. The predicted octanol–water partition coefficient (Wildman–Crippen LogP) is 5.25. The fraction of sp³-hybridized carbons (Fsp3) is 1.00. The maximum Gasteiger partial charge on any atom is 0.426 e. The topological polar surface area (TPSA) is 9.23 Å². The Labute approximate surface area is 109 Å². The first-order valence-electron chi connectivity index (χ1n) is 6.33. The van der Waals surface area contributed by atoms with Gasteiger partial charge in [0.25, 0.3) is 5.60 Å². The number of ether oxygens (including phenoxy) is 1. The zero-order valence-corrected chi connectivity index (χ0v) is 11.1. The summed E-state index contributed by atoms with van der Waals surface area (Å²) in [5.74, 6) is 0. The quantitative estimate of drug-likeness (QED) is 0.439. The third kappa shape index (κ3) is 5.58. The molecule has 0 saturated heterocycles. The summed E-state index contributed by atoms with van der Waals surface area (Å²) < 4.78 is 78.7. The lowest BCUT2D eigenvalue weighted by atomic mass is 10.1. The van der Waals surface area contributed by atoms with Gasteiger partial charge in [-0.1, -0.05) is 39.0 Å². The fourth-order valence-corrected chi connectivity index (χ4v) is 1.48. The van der Waals surface area contributed by atoms with E-state index in [2.05, 4.69) is 4.74 Å². The molecule has 0 heterocycles. The largest absolute Gasteiger partial charge is 0.426 e. The first-order valence-corrected chi connectivity index (χ1v) is 6.33. The molecule has 0 rings (SSSR count). The van der Waals surface area contributed by atoms with E-state index in [1.807, 2.05) is 6.92 Å². The zero-order valence-electron chi connectivity index (χ0n) is 11.1. The normalized spacial score (nSPS) is 13.9. The van der Waals surface area contributed by atoms with Crippen LogP contribution in [0.25, 0.3) is 0 Å². The van der Waals surface area contributed by atoms with Crippen molar-refractivity contribution in [3.05, 3.63) is 0 Å². The van der Waals surface area contributed by atoms with E-state index in [0.717, 1.165) is 25.7 Å². The van der Waals surface area contributed by atoms with E-state index in [9.17, 15) is 26.3 Å². The summed E-state index contributed by atoms with van der Waals surface area (Å²) >= 11 is 0. The van der Waals surface area contributed by atoms with Crippen LogP contribution in [-0.4, -0.2) is 24.6 Å². The number of hydrogen-bond donors (Lipinski definition) is 0. The van der Waals surface area contributed by atoms with Crippen molar-refractivity contribution in [1.29, 1.82) is 0 Å². The van der Waals surface area contributed by atoms with Gasteiger partial charge in [-0.15, -0.1) is 0 Å². The Balaban J connectivity index is 4.18. The molecule has 0 aromatic carbocycles. The molecule has 0 amide bonds. The van der Waals surface area contributed by atoms with Crippen LogP contribution in [0.15, 0.2) is 0 Å². The minimum absolute atomic E-state index is 0.0318. The summed E-state index contributed by atoms with van der Waals surface area (Å²) in [6.07, 6.45) is -6.38. The molecule has 0 fully saturated rings. The maximum atomic E-state index is 12.4. The van der Waals surface area contributed by atoms with Crippen LogP contribution in [0, 0.1) is 0 Å². The van der Waals surface area contributed by atoms with Gasteiger partial charge >= 0.3 is 12.4 Å². The van der Waals surface area contributed by atoms with Crippen LogP contribution in [0.2, 0.25) is 0 Å². The van der Waals surface area contributed by atoms with Gasteiger partial charge in [0.1, 0.15) is 0 Å². The fourth-order valence-electron chi connectivity index (χ4n) is 1.48. The van der Waals surface area contributed by atoms with E-state index >= 15 is 0 Å². The third-order valence-electron chi connectivity index (χ3n) is 2.97. The molecule has 116 valence electrons. The molecule has 0 aliphatic rings. The van der Waals surface area contributed by atoms with Crippen LogP contribution >= 0.6 is 0 Å². The van der Waals surface area contributed by atoms with Crippen LogP contribution in [0.5, 0.6) is 0 Å². The minimum Gasteiger partial charge on any atom is -0.358 e. The second-order valence-corrected chi connectivity index (χ2v) is 4.64. The number of alkyl halides is 6. The van der Waals surface area contributed by atoms with E-state index in [-0.39, 0.29) is 13.3 Å². The molecule has 0 spiro atoms. The SMILES string of the molecule is CCCCCCCCOC(C)(C(F)(F)F)C(F)(F)F. The molecule has 0 aliphatic carbocycles. The van der Waals surface area contributed by atoms with Gasteiger partial charge in [0.05, 0.1) is 0 Å². The van der Waals surface area contributed by atoms with Gasteiger partial charge in [0.15, 0.2) is 0 Å². The summed E-state index contributed by atoms with van der Waals surface area (Å²) in [4.78, 5) is 0. The van der Waals surface area contributed by atoms with Crippen LogP contribution in [0.1, 0.15) is 52.4 Å². The molecule has 0 bridgehead atoms.